The average Bonchev–Trinajstić information content (AvgIpc) is 2.58. The maximum atomic E-state index is 3.47. The maximum Gasteiger partial charge on any atom is 0.0384 e. The highest BCUT2D eigenvalue weighted by Gasteiger charge is 1.99. The van der Waals surface area contributed by atoms with Crippen LogP contribution in [0.25, 0.3) is 11.1 Å². The van der Waals surface area contributed by atoms with Crippen LogP contribution in [0.3, 0.4) is 0 Å². The molecule has 0 aromatic heterocycles. The fraction of sp³-hybridized carbons (Fsp3) is 0.143. The summed E-state index contributed by atoms with van der Waals surface area (Å²) in [6, 6.07) is 25.6. The van der Waals surface area contributed by atoms with E-state index in [0.717, 1.165) is 22.3 Å². The third-order valence-corrected chi connectivity index (χ3v) is 4.37. The molecule has 0 spiro atoms. The summed E-state index contributed by atoms with van der Waals surface area (Å²) in [5, 5.41) is 3.45. The summed E-state index contributed by atoms with van der Waals surface area (Å²) in [5.74, 6) is 0. The van der Waals surface area contributed by atoms with E-state index < -0.39 is 0 Å². The monoisotopic (exact) mass is 365 g/mol. The molecule has 116 valence electrons. The standard InChI is InChI=1S/C21H20BrN/c1-2-3-16-4-12-20(13-5-16)23-21-14-8-18(9-15-21)17-6-10-19(22)11-7-17/h4-15,23H,2-3H2,1H3. The van der Waals surface area contributed by atoms with E-state index in [1.165, 1.54) is 23.1 Å². The first-order chi connectivity index (χ1) is 11.2. The van der Waals surface area contributed by atoms with Gasteiger partial charge in [-0.05, 0) is 59.5 Å². The van der Waals surface area contributed by atoms with Crippen LogP contribution in [0, 0.1) is 0 Å². The van der Waals surface area contributed by atoms with Gasteiger partial charge in [-0.15, -0.1) is 0 Å². The Morgan fingerprint density at radius 1 is 0.696 bits per heavy atom. The van der Waals surface area contributed by atoms with Crippen molar-refractivity contribution in [1.29, 1.82) is 0 Å². The van der Waals surface area contributed by atoms with E-state index in [9.17, 15) is 0 Å². The Balaban J connectivity index is 1.70. The number of nitrogens with one attached hydrogen (secondary N) is 1. The summed E-state index contributed by atoms with van der Waals surface area (Å²) < 4.78 is 1.10. The smallest absolute Gasteiger partial charge is 0.0384 e. The molecule has 1 nitrogen and oxygen atoms in total. The van der Waals surface area contributed by atoms with Crippen LogP contribution in [0.2, 0.25) is 0 Å². The predicted octanol–water partition coefficient (Wildman–Crippen LogP) is 6.81. The van der Waals surface area contributed by atoms with E-state index in [1.54, 1.807) is 0 Å². The molecule has 3 rings (SSSR count). The second-order valence-corrected chi connectivity index (χ2v) is 6.57. The molecule has 1 N–H and O–H groups in total. The molecule has 23 heavy (non-hydrogen) atoms. The third kappa shape index (κ3) is 4.23. The molecule has 3 aromatic carbocycles. The number of hydrogen-bond acceptors (Lipinski definition) is 1. The van der Waals surface area contributed by atoms with Crippen molar-refractivity contribution in [2.24, 2.45) is 0 Å². The minimum absolute atomic E-state index is 1.10. The molecule has 0 aliphatic rings. The molecule has 0 fully saturated rings. The van der Waals surface area contributed by atoms with Crippen LogP contribution in [0.15, 0.2) is 77.3 Å². The Morgan fingerprint density at radius 2 is 1.17 bits per heavy atom. The van der Waals surface area contributed by atoms with E-state index in [2.05, 4.69) is 101 Å². The predicted molar refractivity (Wildman–Crippen MR) is 103 cm³/mol. The molecular formula is C21H20BrN. The lowest BCUT2D eigenvalue weighted by Gasteiger charge is -2.09. The van der Waals surface area contributed by atoms with Crippen molar-refractivity contribution in [3.63, 3.8) is 0 Å². The van der Waals surface area contributed by atoms with Crippen molar-refractivity contribution in [3.8, 4) is 11.1 Å². The van der Waals surface area contributed by atoms with Crippen molar-refractivity contribution < 1.29 is 0 Å². The molecule has 0 saturated heterocycles. The van der Waals surface area contributed by atoms with Crippen molar-refractivity contribution in [1.82, 2.24) is 0 Å². The van der Waals surface area contributed by atoms with E-state index >= 15 is 0 Å². The van der Waals surface area contributed by atoms with E-state index in [0.29, 0.717) is 0 Å². The molecule has 0 saturated carbocycles. The van der Waals surface area contributed by atoms with Crippen LogP contribution in [0.5, 0.6) is 0 Å². The van der Waals surface area contributed by atoms with Gasteiger partial charge in [-0.25, -0.2) is 0 Å². The molecule has 0 radical (unpaired) electrons. The lowest BCUT2D eigenvalue weighted by Crippen LogP contribution is -1.91. The zero-order valence-electron chi connectivity index (χ0n) is 13.2. The first-order valence-electron chi connectivity index (χ1n) is 7.96. The highest BCUT2D eigenvalue weighted by molar-refractivity contribution is 9.10. The molecular weight excluding hydrogens is 346 g/mol. The summed E-state index contributed by atoms with van der Waals surface area (Å²) in [4.78, 5) is 0. The fourth-order valence-corrected chi connectivity index (χ4v) is 2.86. The Hall–Kier alpha value is -2.06. The number of aryl methyl sites for hydroxylation is 1. The summed E-state index contributed by atoms with van der Waals surface area (Å²) in [7, 11) is 0. The van der Waals surface area contributed by atoms with Gasteiger partial charge in [0.15, 0.2) is 0 Å². The first kappa shape index (κ1) is 15.8. The van der Waals surface area contributed by atoms with Crippen molar-refractivity contribution in [2.45, 2.75) is 19.8 Å². The molecule has 3 aromatic rings. The molecule has 0 aliphatic carbocycles. The Kier molecular flexibility index (Phi) is 5.14. The van der Waals surface area contributed by atoms with Crippen LogP contribution in [-0.4, -0.2) is 0 Å². The molecule has 0 amide bonds. The van der Waals surface area contributed by atoms with E-state index in [-0.39, 0.29) is 0 Å². The number of anilines is 2. The first-order valence-corrected chi connectivity index (χ1v) is 8.76. The number of halogens is 1. The van der Waals surface area contributed by atoms with Gasteiger partial charge in [0.05, 0.1) is 0 Å². The van der Waals surface area contributed by atoms with Crippen LogP contribution >= 0.6 is 15.9 Å². The van der Waals surface area contributed by atoms with Gasteiger partial charge in [0, 0.05) is 15.8 Å². The van der Waals surface area contributed by atoms with Gasteiger partial charge in [-0.2, -0.15) is 0 Å². The quantitative estimate of drug-likeness (QED) is 0.523. The normalized spacial score (nSPS) is 10.5. The largest absolute Gasteiger partial charge is 0.356 e. The highest BCUT2D eigenvalue weighted by Crippen LogP contribution is 2.25. The van der Waals surface area contributed by atoms with Crippen molar-refractivity contribution in [2.75, 3.05) is 5.32 Å². The Bertz CT molecular complexity index is 743. The molecule has 0 unspecified atom stereocenters. The zero-order valence-corrected chi connectivity index (χ0v) is 14.8. The number of benzene rings is 3. The Morgan fingerprint density at radius 3 is 1.70 bits per heavy atom. The lowest BCUT2D eigenvalue weighted by molar-refractivity contribution is 0.922. The second kappa shape index (κ2) is 7.47. The summed E-state index contributed by atoms with van der Waals surface area (Å²) in [6.07, 6.45) is 2.33. The van der Waals surface area contributed by atoms with Crippen LogP contribution in [-0.2, 0) is 6.42 Å². The van der Waals surface area contributed by atoms with Gasteiger partial charge in [-0.3, -0.25) is 0 Å². The summed E-state index contributed by atoms with van der Waals surface area (Å²) in [5.41, 5.74) is 6.07. The van der Waals surface area contributed by atoms with Crippen LogP contribution in [0.1, 0.15) is 18.9 Å². The second-order valence-electron chi connectivity index (χ2n) is 5.66. The molecule has 0 heterocycles. The lowest BCUT2D eigenvalue weighted by atomic mass is 10.1. The zero-order chi connectivity index (χ0) is 16.1. The van der Waals surface area contributed by atoms with E-state index in [1.807, 2.05) is 0 Å². The molecule has 0 atom stereocenters. The third-order valence-electron chi connectivity index (χ3n) is 3.84. The highest BCUT2D eigenvalue weighted by atomic mass is 79.9. The van der Waals surface area contributed by atoms with Gasteiger partial charge in [0.1, 0.15) is 0 Å². The summed E-state index contributed by atoms with van der Waals surface area (Å²) in [6.45, 7) is 2.21. The molecule has 0 bridgehead atoms. The minimum atomic E-state index is 1.10. The van der Waals surface area contributed by atoms with Gasteiger partial charge >= 0.3 is 0 Å². The Labute approximate surface area is 146 Å². The van der Waals surface area contributed by atoms with Gasteiger partial charge in [0.25, 0.3) is 0 Å². The van der Waals surface area contributed by atoms with Gasteiger partial charge < -0.3 is 5.32 Å². The van der Waals surface area contributed by atoms with E-state index in [4.69, 9.17) is 0 Å². The average molecular weight is 366 g/mol. The number of rotatable bonds is 5. The maximum absolute atomic E-state index is 3.47. The number of hydrogen-bond donors (Lipinski definition) is 1. The minimum Gasteiger partial charge on any atom is -0.356 e. The van der Waals surface area contributed by atoms with Crippen LogP contribution in [0.4, 0.5) is 11.4 Å². The SMILES string of the molecule is CCCc1ccc(Nc2ccc(-c3ccc(Br)cc3)cc2)cc1. The topological polar surface area (TPSA) is 12.0 Å². The molecule has 0 aliphatic heterocycles. The fourth-order valence-electron chi connectivity index (χ4n) is 2.60. The van der Waals surface area contributed by atoms with Crippen LogP contribution < -0.4 is 5.32 Å². The summed E-state index contributed by atoms with van der Waals surface area (Å²) >= 11 is 3.47. The van der Waals surface area contributed by atoms with Gasteiger partial charge in [-0.1, -0.05) is 65.7 Å². The molecule has 2 heteroatoms. The van der Waals surface area contributed by atoms with Crippen molar-refractivity contribution in [3.05, 3.63) is 82.8 Å². The van der Waals surface area contributed by atoms with Crippen molar-refractivity contribution >= 4 is 27.3 Å². The van der Waals surface area contributed by atoms with Gasteiger partial charge in [0.2, 0.25) is 0 Å².